The summed E-state index contributed by atoms with van der Waals surface area (Å²) in [7, 11) is 0. The first-order valence-electron chi connectivity index (χ1n) is 21.8. The number of aromatic nitrogens is 1. The monoisotopic (exact) mass is 949 g/mol. The Morgan fingerprint density at radius 3 is 2.28 bits per heavy atom. The van der Waals surface area contributed by atoms with Crippen molar-refractivity contribution in [3.8, 4) is 11.1 Å². The van der Waals surface area contributed by atoms with Gasteiger partial charge in [0.1, 0.15) is 24.3 Å². The Kier molecular flexibility index (Phi) is 17.4. The summed E-state index contributed by atoms with van der Waals surface area (Å²) in [6, 6.07) is 10.5. The molecule has 1 saturated heterocycles. The molecule has 364 valence electrons. The van der Waals surface area contributed by atoms with Gasteiger partial charge < -0.3 is 40.9 Å². The fourth-order valence-corrected chi connectivity index (χ4v) is 8.09. The van der Waals surface area contributed by atoms with Crippen molar-refractivity contribution in [1.29, 1.82) is 0 Å². The van der Waals surface area contributed by atoms with Crippen LogP contribution in [0.3, 0.4) is 0 Å². The average molecular weight is 950 g/mol. The molecule has 2 aliphatic heterocycles. The second kappa shape index (κ2) is 22.9. The zero-order valence-electron chi connectivity index (χ0n) is 37.8. The summed E-state index contributed by atoms with van der Waals surface area (Å²) in [6.07, 6.45) is -0.482. The molecule has 2 unspecified atom stereocenters. The fourth-order valence-electron chi connectivity index (χ4n) is 8.09. The van der Waals surface area contributed by atoms with Gasteiger partial charge in [-0.1, -0.05) is 51.1 Å². The van der Waals surface area contributed by atoms with E-state index >= 15 is 4.39 Å². The van der Waals surface area contributed by atoms with Crippen molar-refractivity contribution in [1.82, 2.24) is 30.1 Å². The highest BCUT2D eigenvalue weighted by molar-refractivity contribution is 6.06. The number of aliphatic carboxylic acids is 1. The summed E-state index contributed by atoms with van der Waals surface area (Å²) < 4.78 is 31.5. The molecular formula is C46H55F2N8O12+. The number of nitrogens with two attached hydrogens (primary N) is 1. The number of hydrogen-bond acceptors (Lipinski definition) is 11. The van der Waals surface area contributed by atoms with Crippen LogP contribution in [0.25, 0.3) is 11.1 Å². The predicted octanol–water partition coefficient (Wildman–Crippen LogP) is 0.198. The number of primary amides is 1. The highest BCUT2D eigenvalue weighted by atomic mass is 19.1. The van der Waals surface area contributed by atoms with Gasteiger partial charge in [-0.25, -0.2) is 18.4 Å². The summed E-state index contributed by atoms with van der Waals surface area (Å²) >= 11 is 0. The maximum atomic E-state index is 15.2. The van der Waals surface area contributed by atoms with Gasteiger partial charge in [-0.3, -0.25) is 38.6 Å². The highest BCUT2D eigenvalue weighted by Gasteiger charge is 2.47. The minimum atomic E-state index is -1.43. The van der Waals surface area contributed by atoms with Crippen LogP contribution in [-0.4, -0.2) is 127 Å². The first-order valence-corrected chi connectivity index (χ1v) is 21.8. The van der Waals surface area contributed by atoms with E-state index in [1.165, 1.54) is 4.90 Å². The summed E-state index contributed by atoms with van der Waals surface area (Å²) in [5.41, 5.74) is 6.34. The number of nitrogens with one attached hydrogen (secondary N) is 3. The van der Waals surface area contributed by atoms with Crippen LogP contribution in [0.15, 0.2) is 60.8 Å². The minimum absolute atomic E-state index is 0.00864. The van der Waals surface area contributed by atoms with Crippen molar-refractivity contribution in [2.45, 2.75) is 96.8 Å². The molecule has 7 amide bonds. The van der Waals surface area contributed by atoms with Crippen LogP contribution in [0.1, 0.15) is 89.4 Å². The number of hydrogen-bond donors (Lipinski definition) is 6. The van der Waals surface area contributed by atoms with Crippen molar-refractivity contribution in [3.05, 3.63) is 83.7 Å². The molecule has 22 heteroatoms. The molecule has 3 heterocycles. The van der Waals surface area contributed by atoms with E-state index in [0.29, 0.717) is 16.3 Å². The third-order valence-electron chi connectivity index (χ3n) is 11.1. The van der Waals surface area contributed by atoms with Crippen molar-refractivity contribution < 1.29 is 72.0 Å². The van der Waals surface area contributed by atoms with E-state index in [4.69, 9.17) is 10.6 Å². The second-order valence-electron chi connectivity index (χ2n) is 17.4. The van der Waals surface area contributed by atoms with Gasteiger partial charge >= 0.3 is 17.8 Å². The molecule has 7 N–H and O–H groups in total. The van der Waals surface area contributed by atoms with Gasteiger partial charge in [-0.15, -0.1) is 5.06 Å². The number of benzene rings is 2. The fraction of sp³-hybridized carbons (Fsp3) is 0.435. The van der Waals surface area contributed by atoms with Gasteiger partial charge in [0.2, 0.25) is 29.7 Å². The van der Waals surface area contributed by atoms with Gasteiger partial charge in [0.05, 0.1) is 32.0 Å². The van der Waals surface area contributed by atoms with E-state index in [1.807, 2.05) is 55.7 Å². The molecule has 0 aliphatic carbocycles. The summed E-state index contributed by atoms with van der Waals surface area (Å²) in [4.78, 5) is 123. The molecule has 0 spiro atoms. The number of carboxylic acid groups (broad SMARTS) is 1. The van der Waals surface area contributed by atoms with E-state index in [-0.39, 0.29) is 69.6 Å². The second-order valence-corrected chi connectivity index (χ2v) is 17.4. The van der Waals surface area contributed by atoms with Crippen LogP contribution in [0, 0.1) is 17.0 Å². The number of amidine groups is 1. The van der Waals surface area contributed by atoms with E-state index in [2.05, 4.69) is 15.6 Å². The van der Waals surface area contributed by atoms with Crippen LogP contribution in [-0.2, 0) is 54.5 Å². The lowest BCUT2D eigenvalue weighted by molar-refractivity contribution is -0.481. The Bertz CT molecular complexity index is 2440. The van der Waals surface area contributed by atoms with Crippen molar-refractivity contribution in [2.24, 2.45) is 11.1 Å². The van der Waals surface area contributed by atoms with E-state index in [0.717, 1.165) is 28.7 Å². The molecule has 2 aromatic carbocycles. The lowest BCUT2D eigenvalue weighted by atomic mass is 9.83. The quantitative estimate of drug-likeness (QED) is 0.0696. The molecule has 0 bridgehead atoms. The molecule has 20 nitrogen and oxygen atoms in total. The SMILES string of the molecule is CC(C)(C)C(c1cc(-c2cc(F)ccc2F)cn1Cc1ccccc1)N(CCCN1C(=O)[C@H](CC(N)=O)[NH+]=C1C(CC(=O)O)NC(=O)CNC(=O)CCCC(=O)ON1C(=O)CCC1=O)C(=O)CO. The Hall–Kier alpha value is -7.36. The maximum absolute atomic E-state index is 15.2. The number of carboxylic acids is 1. The van der Waals surface area contributed by atoms with Crippen LogP contribution < -0.4 is 21.4 Å². The smallest absolute Gasteiger partial charge is 0.354 e. The number of aliphatic hydroxyl groups is 1. The maximum Gasteiger partial charge on any atom is 0.354 e. The number of amides is 7. The average Bonchev–Trinajstić information content (AvgIpc) is 3.92. The number of halogens is 2. The molecule has 3 atom stereocenters. The number of imide groups is 1. The van der Waals surface area contributed by atoms with Crippen molar-refractivity contribution in [3.63, 3.8) is 0 Å². The summed E-state index contributed by atoms with van der Waals surface area (Å²) in [5, 5.41) is 25.4. The van der Waals surface area contributed by atoms with E-state index in [1.54, 1.807) is 12.3 Å². The van der Waals surface area contributed by atoms with Crippen molar-refractivity contribution in [2.75, 3.05) is 26.2 Å². The van der Waals surface area contributed by atoms with Gasteiger partial charge in [0, 0.05) is 68.2 Å². The summed E-state index contributed by atoms with van der Waals surface area (Å²) in [6.45, 7) is 3.92. The van der Waals surface area contributed by atoms with E-state index in [9.17, 15) is 57.8 Å². The highest BCUT2D eigenvalue weighted by Crippen LogP contribution is 2.41. The van der Waals surface area contributed by atoms with Crippen LogP contribution >= 0.6 is 0 Å². The third kappa shape index (κ3) is 13.6. The lowest BCUT2D eigenvalue weighted by Crippen LogP contribution is -2.80. The molecule has 5 rings (SSSR count). The number of carbonyl (C=O) groups is 9. The lowest BCUT2D eigenvalue weighted by Gasteiger charge is -2.41. The van der Waals surface area contributed by atoms with Crippen molar-refractivity contribution >= 4 is 59.1 Å². The Labute approximate surface area is 389 Å². The zero-order chi connectivity index (χ0) is 49.9. The number of carbonyl (C=O) groups excluding carboxylic acids is 8. The molecule has 68 heavy (non-hydrogen) atoms. The third-order valence-corrected chi connectivity index (χ3v) is 11.1. The molecule has 1 fully saturated rings. The van der Waals surface area contributed by atoms with Gasteiger partial charge in [0.15, 0.2) is 0 Å². The number of nitrogens with zero attached hydrogens (tertiary/aromatic N) is 4. The van der Waals surface area contributed by atoms with Gasteiger partial charge in [-0.05, 0) is 41.7 Å². The Morgan fingerprint density at radius 1 is 0.956 bits per heavy atom. The van der Waals surface area contributed by atoms with E-state index < -0.39 is 114 Å². The Balaban J connectivity index is 1.34. The molecule has 0 saturated carbocycles. The first-order chi connectivity index (χ1) is 32.2. The van der Waals surface area contributed by atoms with Gasteiger partial charge in [-0.2, -0.15) is 4.90 Å². The molecular weight excluding hydrogens is 895 g/mol. The minimum Gasteiger partial charge on any atom is -0.481 e. The van der Waals surface area contributed by atoms with Crippen LogP contribution in [0.2, 0.25) is 0 Å². The number of hydroxylamine groups is 2. The van der Waals surface area contributed by atoms with Gasteiger partial charge in [0.25, 0.3) is 17.6 Å². The number of rotatable bonds is 23. The standard InChI is InChI=1S/C46H54F2N8O12/c1-46(2,3)43(34-19-28(30-20-29(47)13-14-31(30)48)25-53(34)24-27-9-5-4-6-10-27)54(40(63)26-57)17-8-18-55-44(52-33(45(55)67)21-35(49)58)32(22-41(64)65)51-37(60)23-50-36(59)11-7-12-42(66)68-56-38(61)15-16-39(56)62/h4-6,9-10,13-14,19-20,25,32-33,43,57H,7-8,11-12,15-18,21-24,26H2,1-3H3,(H2,49,58)(H,50,59)(H,51,60)(H,64,65)/p+1/t32?,33-,43?/m0/s1. The largest absolute Gasteiger partial charge is 0.481 e. The summed E-state index contributed by atoms with van der Waals surface area (Å²) in [5.74, 6) is -8.91. The zero-order valence-corrected chi connectivity index (χ0v) is 37.8. The van der Waals surface area contributed by atoms with Crippen LogP contribution in [0.4, 0.5) is 8.78 Å². The predicted molar refractivity (Wildman–Crippen MR) is 234 cm³/mol. The molecule has 3 aromatic rings. The van der Waals surface area contributed by atoms with Crippen LogP contribution in [0.5, 0.6) is 0 Å². The Morgan fingerprint density at radius 2 is 1.65 bits per heavy atom. The topological polar surface area (TPSA) is 282 Å². The number of aliphatic hydroxyl groups excluding tert-OH is 1. The molecule has 1 aromatic heterocycles. The molecule has 2 aliphatic rings. The first kappa shape index (κ1) is 51.6. The normalized spacial score (nSPS) is 15.8. The molecule has 0 radical (unpaired) electrons.